The van der Waals surface area contributed by atoms with Crippen molar-refractivity contribution >= 4 is 35.6 Å². The molecule has 0 saturated heterocycles. The van der Waals surface area contributed by atoms with Crippen LogP contribution in [0.4, 0.5) is 0 Å². The fourth-order valence-corrected chi connectivity index (χ4v) is 2.55. The van der Waals surface area contributed by atoms with Crippen molar-refractivity contribution in [2.24, 2.45) is 0 Å². The van der Waals surface area contributed by atoms with Crippen LogP contribution in [0, 0.1) is 0 Å². The van der Waals surface area contributed by atoms with Gasteiger partial charge in [0.2, 0.25) is 0 Å². The molecule has 1 N–H and O–H groups in total. The monoisotopic (exact) mass is 389 g/mol. The molecular weight excluding hydrogens is 369 g/mol. The van der Waals surface area contributed by atoms with Gasteiger partial charge in [0.15, 0.2) is 0 Å². The number of hydrogen-bond donors (Lipinski definition) is 1. The summed E-state index contributed by atoms with van der Waals surface area (Å²) in [6, 6.07) is 13.3. The van der Waals surface area contributed by atoms with Crippen LogP contribution < -0.4 is 10.1 Å². The fourth-order valence-electron chi connectivity index (χ4n) is 2.16. The van der Waals surface area contributed by atoms with Crippen molar-refractivity contribution in [3.05, 3.63) is 63.6 Å². The summed E-state index contributed by atoms with van der Waals surface area (Å²) in [5.74, 6) is 0.813. The Morgan fingerprint density at radius 2 is 1.83 bits per heavy atom. The largest absolute Gasteiger partial charge is 0.489 e. The Morgan fingerprint density at radius 1 is 1.04 bits per heavy atom. The molecule has 6 heteroatoms. The zero-order valence-electron chi connectivity index (χ0n) is 13.6. The van der Waals surface area contributed by atoms with E-state index in [1.54, 1.807) is 7.11 Å². The number of hydrogen-bond acceptors (Lipinski definition) is 3. The molecule has 0 spiro atoms. The number of halogens is 3. The molecule has 0 aliphatic rings. The molecule has 0 aliphatic heterocycles. The van der Waals surface area contributed by atoms with Gasteiger partial charge in [-0.15, -0.1) is 12.4 Å². The van der Waals surface area contributed by atoms with Gasteiger partial charge < -0.3 is 14.8 Å². The second kappa shape index (κ2) is 11.6. The van der Waals surface area contributed by atoms with E-state index in [1.807, 2.05) is 42.5 Å². The molecule has 2 aromatic carbocycles. The van der Waals surface area contributed by atoms with Crippen LogP contribution in [-0.4, -0.2) is 20.3 Å². The maximum Gasteiger partial charge on any atom is 0.124 e. The second-order valence-corrected chi connectivity index (χ2v) is 6.00. The number of benzene rings is 2. The molecule has 0 fully saturated rings. The van der Waals surface area contributed by atoms with Gasteiger partial charge in [0, 0.05) is 41.4 Å². The van der Waals surface area contributed by atoms with Crippen LogP contribution in [0.5, 0.6) is 5.75 Å². The molecule has 0 aromatic heterocycles. The van der Waals surface area contributed by atoms with E-state index in [1.165, 1.54) is 0 Å². The summed E-state index contributed by atoms with van der Waals surface area (Å²) in [6.07, 6.45) is 0.965. The minimum Gasteiger partial charge on any atom is -0.489 e. The van der Waals surface area contributed by atoms with E-state index in [2.05, 4.69) is 5.32 Å². The highest BCUT2D eigenvalue weighted by Gasteiger charge is 2.07. The lowest BCUT2D eigenvalue weighted by Crippen LogP contribution is -2.16. The quantitative estimate of drug-likeness (QED) is 0.603. The maximum atomic E-state index is 6.16. The van der Waals surface area contributed by atoms with Crippen LogP contribution in [0.3, 0.4) is 0 Å². The molecule has 2 rings (SSSR count). The van der Waals surface area contributed by atoms with Gasteiger partial charge >= 0.3 is 0 Å². The van der Waals surface area contributed by atoms with E-state index in [9.17, 15) is 0 Å². The Hall–Kier alpha value is -0.970. The maximum absolute atomic E-state index is 6.16. The summed E-state index contributed by atoms with van der Waals surface area (Å²) < 4.78 is 11.0. The molecule has 0 aliphatic carbocycles. The third-order valence-corrected chi connectivity index (χ3v) is 3.98. The first-order valence-electron chi connectivity index (χ1n) is 7.55. The van der Waals surface area contributed by atoms with E-state index < -0.39 is 0 Å². The summed E-state index contributed by atoms with van der Waals surface area (Å²) in [7, 11) is 1.71. The van der Waals surface area contributed by atoms with Crippen molar-refractivity contribution in [2.45, 2.75) is 19.6 Å². The van der Waals surface area contributed by atoms with Crippen molar-refractivity contribution in [3.8, 4) is 5.75 Å². The second-order valence-electron chi connectivity index (χ2n) is 5.16. The van der Waals surface area contributed by atoms with Crippen molar-refractivity contribution in [1.82, 2.24) is 5.32 Å². The van der Waals surface area contributed by atoms with Crippen LogP contribution in [-0.2, 0) is 17.9 Å². The van der Waals surface area contributed by atoms with Crippen LogP contribution in [0.25, 0.3) is 0 Å². The molecule has 0 unspecified atom stereocenters. The lowest BCUT2D eigenvalue weighted by Gasteiger charge is -2.13. The standard InChI is InChI=1S/C18H21Cl2NO2.ClH/c1-22-10-4-9-21-12-15-11-16(19)7-8-18(15)23-13-14-5-2-3-6-17(14)20;/h2-3,5-8,11,21H,4,9-10,12-13H2,1H3;1H. The first-order valence-corrected chi connectivity index (χ1v) is 8.30. The number of nitrogens with one attached hydrogen (secondary N) is 1. The lowest BCUT2D eigenvalue weighted by atomic mass is 10.2. The molecule has 0 radical (unpaired) electrons. The summed E-state index contributed by atoms with van der Waals surface area (Å²) in [6.45, 7) is 2.75. The Labute approximate surface area is 159 Å². The zero-order chi connectivity index (χ0) is 16.5. The summed E-state index contributed by atoms with van der Waals surface area (Å²) >= 11 is 12.3. The molecule has 0 bridgehead atoms. The normalized spacial score (nSPS) is 10.3. The van der Waals surface area contributed by atoms with Crippen molar-refractivity contribution in [1.29, 1.82) is 0 Å². The molecule has 132 valence electrons. The molecule has 0 saturated carbocycles. The smallest absolute Gasteiger partial charge is 0.124 e. The number of ether oxygens (including phenoxy) is 2. The summed E-state index contributed by atoms with van der Waals surface area (Å²) in [5.41, 5.74) is 1.99. The highest BCUT2D eigenvalue weighted by Crippen LogP contribution is 2.25. The Bertz CT molecular complexity index is 623. The molecule has 0 heterocycles. The van der Waals surface area contributed by atoms with E-state index in [0.29, 0.717) is 23.2 Å². The number of methoxy groups -OCH3 is 1. The third-order valence-electron chi connectivity index (χ3n) is 3.38. The van der Waals surface area contributed by atoms with E-state index >= 15 is 0 Å². The van der Waals surface area contributed by atoms with Gasteiger partial charge in [-0.05, 0) is 37.2 Å². The molecule has 2 aromatic rings. The molecule has 0 amide bonds. The Morgan fingerprint density at radius 3 is 2.58 bits per heavy atom. The van der Waals surface area contributed by atoms with Crippen molar-refractivity contribution in [3.63, 3.8) is 0 Å². The van der Waals surface area contributed by atoms with Gasteiger partial charge in [-0.2, -0.15) is 0 Å². The van der Waals surface area contributed by atoms with Gasteiger partial charge in [0.1, 0.15) is 12.4 Å². The van der Waals surface area contributed by atoms with E-state index in [-0.39, 0.29) is 12.4 Å². The molecular formula is C18H22Cl3NO2. The first-order chi connectivity index (χ1) is 11.2. The van der Waals surface area contributed by atoms with Gasteiger partial charge in [-0.3, -0.25) is 0 Å². The van der Waals surface area contributed by atoms with E-state index in [0.717, 1.165) is 36.4 Å². The zero-order valence-corrected chi connectivity index (χ0v) is 15.9. The predicted octanol–water partition coefficient (Wildman–Crippen LogP) is 5.12. The third kappa shape index (κ3) is 6.88. The molecule has 0 atom stereocenters. The molecule has 3 nitrogen and oxygen atoms in total. The lowest BCUT2D eigenvalue weighted by molar-refractivity contribution is 0.194. The van der Waals surface area contributed by atoms with Crippen molar-refractivity contribution in [2.75, 3.05) is 20.3 Å². The topological polar surface area (TPSA) is 30.5 Å². The van der Waals surface area contributed by atoms with Crippen LogP contribution >= 0.6 is 35.6 Å². The molecule has 24 heavy (non-hydrogen) atoms. The average Bonchev–Trinajstić information content (AvgIpc) is 2.55. The summed E-state index contributed by atoms with van der Waals surface area (Å²) in [4.78, 5) is 0. The van der Waals surface area contributed by atoms with Gasteiger partial charge in [-0.1, -0.05) is 41.4 Å². The average molecular weight is 391 g/mol. The Balaban J connectivity index is 0.00000288. The minimum absolute atomic E-state index is 0. The highest BCUT2D eigenvalue weighted by molar-refractivity contribution is 6.31. The SMILES string of the molecule is COCCCNCc1cc(Cl)ccc1OCc1ccccc1Cl.Cl. The van der Waals surface area contributed by atoms with Crippen LogP contribution in [0.1, 0.15) is 17.5 Å². The fraction of sp³-hybridized carbons (Fsp3) is 0.333. The van der Waals surface area contributed by atoms with Crippen LogP contribution in [0.15, 0.2) is 42.5 Å². The van der Waals surface area contributed by atoms with E-state index in [4.69, 9.17) is 32.7 Å². The van der Waals surface area contributed by atoms with Gasteiger partial charge in [-0.25, -0.2) is 0 Å². The van der Waals surface area contributed by atoms with Gasteiger partial charge in [0.25, 0.3) is 0 Å². The van der Waals surface area contributed by atoms with Crippen molar-refractivity contribution < 1.29 is 9.47 Å². The Kier molecular flexibility index (Phi) is 10.2. The minimum atomic E-state index is 0. The predicted molar refractivity (Wildman–Crippen MR) is 103 cm³/mol. The van der Waals surface area contributed by atoms with Gasteiger partial charge in [0.05, 0.1) is 0 Å². The van der Waals surface area contributed by atoms with Crippen LogP contribution in [0.2, 0.25) is 10.0 Å². The number of rotatable bonds is 9. The first kappa shape index (κ1) is 21.1. The summed E-state index contributed by atoms with van der Waals surface area (Å²) in [5, 5.41) is 4.78. The highest BCUT2D eigenvalue weighted by atomic mass is 35.5.